The molecule has 0 bridgehead atoms. The third-order valence-electron chi connectivity index (χ3n) is 4.12. The highest BCUT2D eigenvalue weighted by molar-refractivity contribution is 7.92. The van der Waals surface area contributed by atoms with E-state index in [4.69, 9.17) is 4.74 Å². The first-order valence-corrected chi connectivity index (χ1v) is 9.60. The molecule has 1 aromatic rings. The molecule has 0 aliphatic carbocycles. The van der Waals surface area contributed by atoms with Crippen LogP contribution in [0.2, 0.25) is 0 Å². The number of sulfone groups is 1. The van der Waals surface area contributed by atoms with Crippen LogP contribution in [-0.4, -0.2) is 64.1 Å². The Morgan fingerprint density at radius 1 is 1.30 bits per heavy atom. The SMILES string of the molecule is C[C@H](C(=O)N(C)Cc1ccccc1N1CCOCC1)S(C)(=O)=O. The Labute approximate surface area is 137 Å². The Balaban J connectivity index is 2.15. The normalized spacial score (nSPS) is 16.9. The number of ether oxygens (including phenoxy) is 1. The van der Waals surface area contributed by atoms with Gasteiger partial charge in [-0.2, -0.15) is 0 Å². The number of anilines is 1. The quantitative estimate of drug-likeness (QED) is 0.797. The lowest BCUT2D eigenvalue weighted by Crippen LogP contribution is -2.40. The van der Waals surface area contributed by atoms with Crippen molar-refractivity contribution in [3.05, 3.63) is 29.8 Å². The molecule has 2 rings (SSSR count). The molecule has 6 nitrogen and oxygen atoms in total. The summed E-state index contributed by atoms with van der Waals surface area (Å²) in [7, 11) is -1.75. The van der Waals surface area contributed by atoms with E-state index in [0.717, 1.165) is 30.6 Å². The van der Waals surface area contributed by atoms with Gasteiger partial charge in [0.05, 0.1) is 13.2 Å². The van der Waals surface area contributed by atoms with Crippen molar-refractivity contribution in [2.24, 2.45) is 0 Å². The molecule has 1 amide bonds. The van der Waals surface area contributed by atoms with Crippen molar-refractivity contribution >= 4 is 21.4 Å². The molecule has 23 heavy (non-hydrogen) atoms. The van der Waals surface area contributed by atoms with Crippen LogP contribution in [0, 0.1) is 0 Å². The van der Waals surface area contributed by atoms with Crippen LogP contribution in [0.1, 0.15) is 12.5 Å². The molecule has 0 aromatic heterocycles. The lowest BCUT2D eigenvalue weighted by atomic mass is 10.1. The highest BCUT2D eigenvalue weighted by atomic mass is 32.2. The molecule has 0 saturated carbocycles. The van der Waals surface area contributed by atoms with E-state index >= 15 is 0 Å². The molecule has 1 aromatic carbocycles. The Kier molecular flexibility index (Phi) is 5.64. The molecule has 128 valence electrons. The van der Waals surface area contributed by atoms with Crippen molar-refractivity contribution < 1.29 is 17.9 Å². The molecular weight excluding hydrogens is 316 g/mol. The topological polar surface area (TPSA) is 66.9 Å². The minimum atomic E-state index is -3.39. The van der Waals surface area contributed by atoms with E-state index in [9.17, 15) is 13.2 Å². The van der Waals surface area contributed by atoms with Gasteiger partial charge in [0.25, 0.3) is 0 Å². The lowest BCUT2D eigenvalue weighted by molar-refractivity contribution is -0.129. The average molecular weight is 340 g/mol. The van der Waals surface area contributed by atoms with Crippen molar-refractivity contribution in [3.8, 4) is 0 Å². The molecule has 1 heterocycles. The van der Waals surface area contributed by atoms with Crippen molar-refractivity contribution in [3.63, 3.8) is 0 Å². The number of hydrogen-bond donors (Lipinski definition) is 0. The monoisotopic (exact) mass is 340 g/mol. The largest absolute Gasteiger partial charge is 0.378 e. The van der Waals surface area contributed by atoms with Crippen molar-refractivity contribution in [2.75, 3.05) is 44.5 Å². The Morgan fingerprint density at radius 3 is 2.52 bits per heavy atom. The molecule has 0 N–H and O–H groups in total. The molecule has 1 aliphatic rings. The number of amides is 1. The summed E-state index contributed by atoms with van der Waals surface area (Å²) in [6.45, 7) is 4.82. The van der Waals surface area contributed by atoms with Gasteiger partial charge in [0.2, 0.25) is 5.91 Å². The minimum absolute atomic E-state index is 0.381. The summed E-state index contributed by atoms with van der Waals surface area (Å²) in [5.74, 6) is -0.385. The van der Waals surface area contributed by atoms with Gasteiger partial charge in [-0.1, -0.05) is 18.2 Å². The maximum atomic E-state index is 12.3. The van der Waals surface area contributed by atoms with Crippen molar-refractivity contribution in [1.82, 2.24) is 4.90 Å². The van der Waals surface area contributed by atoms with Crippen LogP contribution in [0.15, 0.2) is 24.3 Å². The van der Waals surface area contributed by atoms with Crippen LogP contribution in [0.3, 0.4) is 0 Å². The molecule has 1 aliphatic heterocycles. The molecule has 1 fully saturated rings. The summed E-state index contributed by atoms with van der Waals surface area (Å²) in [5, 5.41) is -1.02. The second-order valence-electron chi connectivity index (χ2n) is 5.89. The molecule has 0 spiro atoms. The zero-order chi connectivity index (χ0) is 17.0. The van der Waals surface area contributed by atoms with Crippen LogP contribution in [-0.2, 0) is 25.9 Å². The molecule has 0 unspecified atom stereocenters. The summed E-state index contributed by atoms with van der Waals surface area (Å²) in [4.78, 5) is 16.0. The summed E-state index contributed by atoms with van der Waals surface area (Å²) in [6, 6.07) is 7.89. The minimum Gasteiger partial charge on any atom is -0.378 e. The van der Waals surface area contributed by atoms with E-state index in [0.29, 0.717) is 19.8 Å². The van der Waals surface area contributed by atoms with Gasteiger partial charge in [-0.05, 0) is 18.6 Å². The third-order valence-corrected chi connectivity index (χ3v) is 5.60. The fraction of sp³-hybridized carbons (Fsp3) is 0.562. The van der Waals surface area contributed by atoms with Crippen LogP contribution in [0.5, 0.6) is 0 Å². The fourth-order valence-electron chi connectivity index (χ4n) is 2.58. The zero-order valence-electron chi connectivity index (χ0n) is 13.9. The Morgan fingerprint density at radius 2 is 1.91 bits per heavy atom. The maximum Gasteiger partial charge on any atom is 0.240 e. The van der Waals surface area contributed by atoms with E-state index < -0.39 is 15.1 Å². The highest BCUT2D eigenvalue weighted by Crippen LogP contribution is 2.23. The summed E-state index contributed by atoms with van der Waals surface area (Å²) < 4.78 is 28.5. The summed E-state index contributed by atoms with van der Waals surface area (Å²) in [5.41, 5.74) is 2.08. The fourth-order valence-corrected chi connectivity index (χ4v) is 3.13. The first-order chi connectivity index (χ1) is 10.8. The lowest BCUT2D eigenvalue weighted by Gasteiger charge is -2.31. The molecular formula is C16H24N2O4S. The number of nitrogens with zero attached hydrogens (tertiary/aromatic N) is 2. The first kappa shape index (κ1) is 17.7. The number of benzene rings is 1. The number of para-hydroxylation sites is 1. The van der Waals surface area contributed by atoms with Crippen LogP contribution >= 0.6 is 0 Å². The van der Waals surface area contributed by atoms with Gasteiger partial charge in [0.1, 0.15) is 5.25 Å². The molecule has 1 saturated heterocycles. The van der Waals surface area contributed by atoms with Gasteiger partial charge in [-0.25, -0.2) is 8.42 Å². The Bertz CT molecular complexity index is 654. The van der Waals surface area contributed by atoms with Crippen LogP contribution in [0.25, 0.3) is 0 Å². The number of morpholine rings is 1. The van der Waals surface area contributed by atoms with Crippen LogP contribution in [0.4, 0.5) is 5.69 Å². The molecule has 0 radical (unpaired) electrons. The first-order valence-electron chi connectivity index (χ1n) is 7.65. The number of carbonyl (C=O) groups is 1. The second-order valence-corrected chi connectivity index (χ2v) is 8.26. The van der Waals surface area contributed by atoms with Gasteiger partial charge in [-0.3, -0.25) is 4.79 Å². The predicted octanol–water partition coefficient (Wildman–Crippen LogP) is 0.915. The van der Waals surface area contributed by atoms with E-state index in [1.165, 1.54) is 11.8 Å². The number of carbonyl (C=O) groups excluding carboxylic acids is 1. The van der Waals surface area contributed by atoms with E-state index in [1.54, 1.807) is 7.05 Å². The van der Waals surface area contributed by atoms with Crippen molar-refractivity contribution in [1.29, 1.82) is 0 Å². The van der Waals surface area contributed by atoms with E-state index in [1.807, 2.05) is 24.3 Å². The smallest absolute Gasteiger partial charge is 0.240 e. The van der Waals surface area contributed by atoms with E-state index in [2.05, 4.69) is 4.90 Å². The number of rotatable bonds is 5. The van der Waals surface area contributed by atoms with Gasteiger partial charge >= 0.3 is 0 Å². The number of hydrogen-bond acceptors (Lipinski definition) is 5. The van der Waals surface area contributed by atoms with Gasteiger partial charge in [-0.15, -0.1) is 0 Å². The second kappa shape index (κ2) is 7.31. The van der Waals surface area contributed by atoms with Gasteiger partial charge in [0, 0.05) is 38.6 Å². The predicted molar refractivity (Wildman–Crippen MR) is 90.3 cm³/mol. The molecule has 7 heteroatoms. The highest BCUT2D eigenvalue weighted by Gasteiger charge is 2.27. The van der Waals surface area contributed by atoms with Crippen LogP contribution < -0.4 is 4.90 Å². The average Bonchev–Trinajstić information content (AvgIpc) is 2.54. The molecule has 1 atom stereocenters. The standard InChI is InChI=1S/C16H24N2O4S/c1-13(23(3,20)21)16(19)17(2)12-14-6-4-5-7-15(14)18-8-10-22-11-9-18/h4-7,13H,8-12H2,1-3H3/t13-/m1/s1. The van der Waals surface area contributed by atoms with Crippen molar-refractivity contribution in [2.45, 2.75) is 18.7 Å². The zero-order valence-corrected chi connectivity index (χ0v) is 14.7. The van der Waals surface area contributed by atoms with E-state index in [-0.39, 0.29) is 5.91 Å². The van der Waals surface area contributed by atoms with Gasteiger partial charge < -0.3 is 14.5 Å². The maximum absolute atomic E-state index is 12.3. The third kappa shape index (κ3) is 4.45. The summed E-state index contributed by atoms with van der Waals surface area (Å²) in [6.07, 6.45) is 1.09. The Hall–Kier alpha value is -1.60. The summed E-state index contributed by atoms with van der Waals surface area (Å²) >= 11 is 0. The van der Waals surface area contributed by atoms with Gasteiger partial charge in [0.15, 0.2) is 9.84 Å².